The fourth-order valence-corrected chi connectivity index (χ4v) is 2.54. The van der Waals surface area contributed by atoms with E-state index in [2.05, 4.69) is 27.5 Å². The molecule has 0 saturated carbocycles. The number of guanidine groups is 1. The first-order valence-electron chi connectivity index (χ1n) is 6.83. The number of rotatable bonds is 4. The van der Waals surface area contributed by atoms with Gasteiger partial charge in [0.05, 0.1) is 11.6 Å². The van der Waals surface area contributed by atoms with Gasteiger partial charge in [-0.2, -0.15) is 0 Å². The van der Waals surface area contributed by atoms with Crippen molar-refractivity contribution >= 4 is 17.6 Å². The van der Waals surface area contributed by atoms with Crippen molar-refractivity contribution in [1.29, 1.82) is 0 Å². The highest BCUT2D eigenvalue weighted by atomic mass is 35.5. The fraction of sp³-hybridized carbons (Fsp3) is 0.400. The summed E-state index contributed by atoms with van der Waals surface area (Å²) in [5.41, 5.74) is 2.37. The second-order valence-electron chi connectivity index (χ2n) is 5.20. The van der Waals surface area contributed by atoms with Crippen molar-refractivity contribution in [3.63, 3.8) is 0 Å². The molecule has 0 radical (unpaired) electrons. The Morgan fingerprint density at radius 3 is 2.67 bits per heavy atom. The Hall–Kier alpha value is -1.88. The molecule has 5 nitrogen and oxygen atoms in total. The first-order chi connectivity index (χ1) is 9.99. The average molecular weight is 308 g/mol. The second kappa shape index (κ2) is 6.72. The fourth-order valence-electron chi connectivity index (χ4n) is 2.27. The van der Waals surface area contributed by atoms with Crippen LogP contribution in [0.1, 0.15) is 11.3 Å². The zero-order valence-electron chi connectivity index (χ0n) is 13.0. The molecule has 2 rings (SSSR count). The summed E-state index contributed by atoms with van der Waals surface area (Å²) in [6, 6.07) is 4.07. The molecule has 0 unspecified atom stereocenters. The van der Waals surface area contributed by atoms with Gasteiger partial charge in [0.2, 0.25) is 0 Å². The molecule has 21 heavy (non-hydrogen) atoms. The van der Waals surface area contributed by atoms with E-state index < -0.39 is 0 Å². The normalized spacial score (nSPS) is 11.8. The second-order valence-corrected chi connectivity index (χ2v) is 5.64. The molecule has 0 bridgehead atoms. The van der Waals surface area contributed by atoms with Crippen LogP contribution in [0.3, 0.4) is 0 Å². The van der Waals surface area contributed by atoms with E-state index in [0.717, 1.165) is 29.8 Å². The van der Waals surface area contributed by atoms with Crippen LogP contribution in [-0.4, -0.2) is 34.1 Å². The Morgan fingerprint density at radius 2 is 2.14 bits per heavy atom. The Morgan fingerprint density at radius 1 is 1.38 bits per heavy atom. The van der Waals surface area contributed by atoms with Gasteiger partial charge in [-0.05, 0) is 17.7 Å². The maximum Gasteiger partial charge on any atom is 0.194 e. The van der Waals surface area contributed by atoms with Gasteiger partial charge in [0, 0.05) is 59.0 Å². The number of hydrogen-bond donors (Lipinski definition) is 1. The molecule has 2 heterocycles. The lowest BCUT2D eigenvalue weighted by Crippen LogP contribution is -2.38. The maximum atomic E-state index is 6.02. The van der Waals surface area contributed by atoms with Gasteiger partial charge >= 0.3 is 0 Å². The van der Waals surface area contributed by atoms with Crippen LogP contribution in [-0.2, 0) is 27.2 Å². The third-order valence-electron chi connectivity index (χ3n) is 3.39. The van der Waals surface area contributed by atoms with Crippen molar-refractivity contribution < 1.29 is 0 Å². The summed E-state index contributed by atoms with van der Waals surface area (Å²) >= 11 is 6.02. The van der Waals surface area contributed by atoms with Gasteiger partial charge in [-0.3, -0.25) is 4.99 Å². The van der Waals surface area contributed by atoms with E-state index in [1.165, 1.54) is 5.56 Å². The van der Waals surface area contributed by atoms with Crippen LogP contribution in [0, 0.1) is 0 Å². The number of hydrogen-bond acceptors (Lipinski definition) is 1. The summed E-state index contributed by atoms with van der Waals surface area (Å²) in [4.78, 5) is 6.40. The lowest BCUT2D eigenvalue weighted by Gasteiger charge is -2.22. The number of aliphatic imine (C=N–C) groups is 1. The minimum absolute atomic E-state index is 0.748. The van der Waals surface area contributed by atoms with Gasteiger partial charge in [0.25, 0.3) is 0 Å². The number of nitrogens with zero attached hydrogens (tertiary/aromatic N) is 4. The van der Waals surface area contributed by atoms with E-state index in [0.29, 0.717) is 0 Å². The Kier molecular flexibility index (Phi) is 4.96. The van der Waals surface area contributed by atoms with Crippen molar-refractivity contribution in [2.75, 3.05) is 14.1 Å². The number of halogens is 1. The molecule has 2 aromatic heterocycles. The van der Waals surface area contributed by atoms with E-state index in [1.807, 2.05) is 48.7 Å². The smallest absolute Gasteiger partial charge is 0.194 e. The highest BCUT2D eigenvalue weighted by Gasteiger charge is 2.09. The van der Waals surface area contributed by atoms with Crippen LogP contribution in [0.25, 0.3) is 0 Å². The van der Waals surface area contributed by atoms with Gasteiger partial charge in [-0.1, -0.05) is 11.6 Å². The number of aromatic nitrogens is 2. The highest BCUT2D eigenvalue weighted by Crippen LogP contribution is 2.14. The molecule has 0 atom stereocenters. The first kappa shape index (κ1) is 15.5. The Labute approximate surface area is 130 Å². The van der Waals surface area contributed by atoms with Gasteiger partial charge < -0.3 is 19.4 Å². The summed E-state index contributed by atoms with van der Waals surface area (Å²) in [5.74, 6) is 0.858. The SMILES string of the molecule is CN=C(NCc1ccn(C)c1)N(C)Cc1cc(Cl)cn1C. The predicted octanol–water partition coefficient (Wildman–Crippen LogP) is 2.22. The van der Waals surface area contributed by atoms with Crippen LogP contribution in [0.4, 0.5) is 0 Å². The summed E-state index contributed by atoms with van der Waals surface area (Å²) < 4.78 is 4.07. The zero-order valence-corrected chi connectivity index (χ0v) is 13.7. The summed E-state index contributed by atoms with van der Waals surface area (Å²) in [6.45, 7) is 1.50. The van der Waals surface area contributed by atoms with Crippen molar-refractivity contribution in [1.82, 2.24) is 19.4 Å². The van der Waals surface area contributed by atoms with E-state index in [4.69, 9.17) is 11.6 Å². The molecule has 0 amide bonds. The number of nitrogens with one attached hydrogen (secondary N) is 1. The van der Waals surface area contributed by atoms with Crippen LogP contribution >= 0.6 is 11.6 Å². The largest absolute Gasteiger partial charge is 0.357 e. The van der Waals surface area contributed by atoms with Gasteiger partial charge in [-0.25, -0.2) is 0 Å². The highest BCUT2D eigenvalue weighted by molar-refractivity contribution is 6.30. The maximum absolute atomic E-state index is 6.02. The molecule has 0 spiro atoms. The van der Waals surface area contributed by atoms with Crippen LogP contribution in [0.5, 0.6) is 0 Å². The van der Waals surface area contributed by atoms with Crippen molar-refractivity contribution in [2.24, 2.45) is 19.1 Å². The average Bonchev–Trinajstić information content (AvgIpc) is 2.96. The Balaban J connectivity index is 1.95. The molecule has 1 N–H and O–H groups in total. The van der Waals surface area contributed by atoms with Crippen molar-refractivity contribution in [3.05, 3.63) is 47.0 Å². The molecule has 0 saturated heterocycles. The zero-order chi connectivity index (χ0) is 15.4. The monoisotopic (exact) mass is 307 g/mol. The number of aryl methyl sites for hydroxylation is 2. The molecule has 0 aliphatic rings. The minimum atomic E-state index is 0.748. The van der Waals surface area contributed by atoms with E-state index >= 15 is 0 Å². The molecule has 0 aliphatic carbocycles. The lowest BCUT2D eigenvalue weighted by molar-refractivity contribution is 0.461. The van der Waals surface area contributed by atoms with E-state index in [-0.39, 0.29) is 0 Å². The van der Waals surface area contributed by atoms with Crippen LogP contribution in [0.15, 0.2) is 35.7 Å². The van der Waals surface area contributed by atoms with Crippen molar-refractivity contribution in [3.8, 4) is 0 Å². The van der Waals surface area contributed by atoms with E-state index in [9.17, 15) is 0 Å². The molecule has 114 valence electrons. The summed E-state index contributed by atoms with van der Waals surface area (Å²) in [5, 5.41) is 4.12. The Bertz CT molecular complexity index is 626. The van der Waals surface area contributed by atoms with Crippen molar-refractivity contribution in [2.45, 2.75) is 13.1 Å². The van der Waals surface area contributed by atoms with Gasteiger partial charge in [0.1, 0.15) is 0 Å². The minimum Gasteiger partial charge on any atom is -0.357 e. The predicted molar refractivity (Wildman–Crippen MR) is 87.5 cm³/mol. The first-order valence-corrected chi connectivity index (χ1v) is 7.20. The molecule has 2 aromatic rings. The third kappa shape index (κ3) is 4.04. The lowest BCUT2D eigenvalue weighted by atomic mass is 10.3. The molecular weight excluding hydrogens is 286 g/mol. The topological polar surface area (TPSA) is 37.5 Å². The third-order valence-corrected chi connectivity index (χ3v) is 3.60. The summed E-state index contributed by atoms with van der Waals surface area (Å²) in [6.07, 6.45) is 6.04. The van der Waals surface area contributed by atoms with Gasteiger partial charge in [0.15, 0.2) is 5.96 Å². The molecule has 0 aromatic carbocycles. The van der Waals surface area contributed by atoms with Gasteiger partial charge in [-0.15, -0.1) is 0 Å². The molecule has 0 fully saturated rings. The van der Waals surface area contributed by atoms with E-state index in [1.54, 1.807) is 7.05 Å². The van der Waals surface area contributed by atoms with Crippen LogP contribution in [0.2, 0.25) is 5.02 Å². The quantitative estimate of drug-likeness (QED) is 0.695. The molecular formula is C15H22ClN5. The molecule has 6 heteroatoms. The summed E-state index contributed by atoms with van der Waals surface area (Å²) in [7, 11) is 7.82. The standard InChI is InChI=1S/C15H22ClN5/c1-17-15(18-8-12-5-6-19(2)9-12)21(4)11-14-7-13(16)10-20(14)3/h5-7,9-10H,8,11H2,1-4H3,(H,17,18). The van der Waals surface area contributed by atoms with Crippen LogP contribution < -0.4 is 5.32 Å². The molecule has 0 aliphatic heterocycles.